The van der Waals surface area contributed by atoms with Crippen molar-refractivity contribution in [2.24, 2.45) is 0 Å². The van der Waals surface area contributed by atoms with Crippen LogP contribution in [0, 0.1) is 0 Å². The molecule has 1 aromatic rings. The molecule has 0 fully saturated rings. The van der Waals surface area contributed by atoms with Crippen molar-refractivity contribution in [3.63, 3.8) is 0 Å². The Hall–Kier alpha value is -1.70. The summed E-state index contributed by atoms with van der Waals surface area (Å²) >= 11 is 5.54. The zero-order valence-electron chi connectivity index (χ0n) is 11.3. The highest BCUT2D eigenvalue weighted by atomic mass is 35.5. The summed E-state index contributed by atoms with van der Waals surface area (Å²) in [5.41, 5.74) is -0.0254. The molecule has 0 amide bonds. The first-order chi connectivity index (χ1) is 9.82. The molecule has 5 nitrogen and oxygen atoms in total. The van der Waals surface area contributed by atoms with Gasteiger partial charge in [-0.1, -0.05) is 0 Å². The van der Waals surface area contributed by atoms with Gasteiger partial charge in [-0.25, -0.2) is 0 Å². The van der Waals surface area contributed by atoms with E-state index in [1.165, 1.54) is 6.20 Å². The van der Waals surface area contributed by atoms with Crippen molar-refractivity contribution in [1.29, 1.82) is 0 Å². The van der Waals surface area contributed by atoms with E-state index >= 15 is 0 Å². The van der Waals surface area contributed by atoms with Gasteiger partial charge in [0.2, 0.25) is 0 Å². The van der Waals surface area contributed by atoms with Gasteiger partial charge in [0, 0.05) is 11.8 Å². The van der Waals surface area contributed by atoms with Crippen molar-refractivity contribution in [2.45, 2.75) is 25.6 Å². The molecule has 0 N–H and O–H groups in total. The average Bonchev–Trinajstić information content (AvgIpc) is 2.37. The number of rotatable bonds is 6. The number of aromatic nitrogens is 1. The fourth-order valence-electron chi connectivity index (χ4n) is 1.58. The Morgan fingerprint density at radius 2 is 2.05 bits per heavy atom. The first-order valence-corrected chi connectivity index (χ1v) is 6.37. The van der Waals surface area contributed by atoms with Gasteiger partial charge in [0.15, 0.2) is 11.5 Å². The van der Waals surface area contributed by atoms with E-state index in [1.807, 2.05) is 0 Å². The van der Waals surface area contributed by atoms with Gasteiger partial charge in [-0.15, -0.1) is 24.8 Å². The molecule has 0 spiro atoms. The third-order valence-electron chi connectivity index (χ3n) is 2.32. The van der Waals surface area contributed by atoms with Crippen LogP contribution in [0.15, 0.2) is 6.20 Å². The third-order valence-corrected chi connectivity index (χ3v) is 2.58. The summed E-state index contributed by atoms with van der Waals surface area (Å²) in [6, 6.07) is 0. The number of pyridine rings is 1. The number of hydrogen-bond acceptors (Lipinski definition) is 5. The number of carbonyl (C=O) groups is 1. The lowest BCUT2D eigenvalue weighted by molar-refractivity contribution is -0.275. The molecular formula is C12H13ClF3NO4. The second-order valence-electron chi connectivity index (χ2n) is 3.76. The van der Waals surface area contributed by atoms with Crippen LogP contribution in [0.25, 0.3) is 0 Å². The van der Waals surface area contributed by atoms with E-state index in [2.05, 4.69) is 9.72 Å². The van der Waals surface area contributed by atoms with Gasteiger partial charge in [0.1, 0.15) is 5.69 Å². The molecule has 0 saturated heterocycles. The van der Waals surface area contributed by atoms with Crippen molar-refractivity contribution in [3.05, 3.63) is 17.5 Å². The predicted octanol–water partition coefficient (Wildman–Crippen LogP) is 2.83. The van der Waals surface area contributed by atoms with E-state index in [9.17, 15) is 18.0 Å². The number of nitrogens with zero attached hydrogens (tertiary/aromatic N) is 1. The largest absolute Gasteiger partial charge is 0.573 e. The van der Waals surface area contributed by atoms with E-state index in [1.54, 1.807) is 6.92 Å². The fourth-order valence-corrected chi connectivity index (χ4v) is 1.77. The van der Waals surface area contributed by atoms with Crippen LogP contribution >= 0.6 is 11.6 Å². The van der Waals surface area contributed by atoms with Crippen LogP contribution in [0.2, 0.25) is 0 Å². The normalized spacial score (nSPS) is 11.1. The molecule has 118 valence electrons. The molecule has 0 bridgehead atoms. The minimum atomic E-state index is -4.93. The van der Waals surface area contributed by atoms with Gasteiger partial charge < -0.3 is 14.2 Å². The highest BCUT2D eigenvalue weighted by molar-refractivity contribution is 6.17. The average molecular weight is 328 g/mol. The monoisotopic (exact) mass is 327 g/mol. The van der Waals surface area contributed by atoms with Crippen LogP contribution in [0.4, 0.5) is 13.2 Å². The third kappa shape index (κ3) is 4.96. The van der Waals surface area contributed by atoms with E-state index in [4.69, 9.17) is 21.1 Å². The van der Waals surface area contributed by atoms with Gasteiger partial charge in [-0.05, 0) is 6.92 Å². The molecule has 0 unspecified atom stereocenters. The fraction of sp³-hybridized carbons (Fsp3) is 0.500. The summed E-state index contributed by atoms with van der Waals surface area (Å²) in [6.07, 6.45) is -4.02. The topological polar surface area (TPSA) is 57.7 Å². The zero-order chi connectivity index (χ0) is 16.0. The summed E-state index contributed by atoms with van der Waals surface area (Å²) < 4.78 is 50.9. The second-order valence-corrected chi connectivity index (χ2v) is 4.02. The predicted molar refractivity (Wildman–Crippen MR) is 67.4 cm³/mol. The smallest absolute Gasteiger partial charge is 0.492 e. The Morgan fingerprint density at radius 3 is 2.52 bits per heavy atom. The quantitative estimate of drug-likeness (QED) is 0.594. The van der Waals surface area contributed by atoms with Crippen LogP contribution in [0.5, 0.6) is 11.5 Å². The number of hydrogen-bond donors (Lipinski definition) is 0. The van der Waals surface area contributed by atoms with Gasteiger partial charge >= 0.3 is 12.3 Å². The van der Waals surface area contributed by atoms with Crippen molar-refractivity contribution >= 4 is 17.6 Å². The van der Waals surface area contributed by atoms with Crippen molar-refractivity contribution in [3.8, 4) is 11.5 Å². The molecular weight excluding hydrogens is 315 g/mol. The Balaban J connectivity index is 3.22. The van der Waals surface area contributed by atoms with Crippen LogP contribution in [-0.2, 0) is 21.8 Å². The Bertz CT molecular complexity index is 508. The summed E-state index contributed by atoms with van der Waals surface area (Å²) in [6.45, 7) is 1.77. The maximum Gasteiger partial charge on any atom is 0.573 e. The highest BCUT2D eigenvalue weighted by Gasteiger charge is 2.35. The Morgan fingerprint density at radius 1 is 1.38 bits per heavy atom. The lowest BCUT2D eigenvalue weighted by Crippen LogP contribution is -2.20. The lowest BCUT2D eigenvalue weighted by atomic mass is 10.1. The van der Waals surface area contributed by atoms with Crippen molar-refractivity contribution in [2.75, 3.05) is 13.7 Å². The van der Waals surface area contributed by atoms with E-state index in [-0.39, 0.29) is 35.9 Å². The minimum Gasteiger partial charge on any atom is -0.492 e. The van der Waals surface area contributed by atoms with Crippen LogP contribution in [0.1, 0.15) is 18.2 Å². The maximum absolute atomic E-state index is 12.4. The van der Waals surface area contributed by atoms with Crippen LogP contribution in [0.3, 0.4) is 0 Å². The minimum absolute atomic E-state index is 0.115. The van der Waals surface area contributed by atoms with Gasteiger partial charge in [0.05, 0.1) is 26.0 Å². The SMILES string of the molecule is CCOC(=O)Cc1cnc(CCl)c(OC(F)(F)F)c1OC. The Labute approximate surface area is 124 Å². The van der Waals surface area contributed by atoms with Crippen LogP contribution < -0.4 is 9.47 Å². The molecule has 0 aliphatic carbocycles. The number of carbonyl (C=O) groups excluding carboxylic acids is 1. The molecule has 0 atom stereocenters. The highest BCUT2D eigenvalue weighted by Crippen LogP contribution is 2.38. The molecule has 21 heavy (non-hydrogen) atoms. The van der Waals surface area contributed by atoms with Crippen molar-refractivity contribution in [1.82, 2.24) is 4.98 Å². The second kappa shape index (κ2) is 7.35. The summed E-state index contributed by atoms with van der Waals surface area (Å²) in [4.78, 5) is 15.2. The number of ether oxygens (including phenoxy) is 3. The summed E-state index contributed by atoms with van der Waals surface area (Å²) in [7, 11) is 1.16. The molecule has 0 aromatic carbocycles. The number of halogens is 4. The molecule has 0 saturated carbocycles. The number of methoxy groups -OCH3 is 1. The lowest BCUT2D eigenvalue weighted by Gasteiger charge is -2.17. The molecule has 1 rings (SSSR count). The number of esters is 1. The van der Waals surface area contributed by atoms with E-state index < -0.39 is 18.1 Å². The van der Waals surface area contributed by atoms with Gasteiger partial charge in [-0.2, -0.15) is 0 Å². The zero-order valence-corrected chi connectivity index (χ0v) is 12.0. The van der Waals surface area contributed by atoms with Gasteiger partial charge in [0.25, 0.3) is 0 Å². The molecule has 1 heterocycles. The maximum atomic E-state index is 12.4. The first kappa shape index (κ1) is 17.4. The summed E-state index contributed by atoms with van der Waals surface area (Å²) in [5, 5.41) is 0. The van der Waals surface area contributed by atoms with Gasteiger partial charge in [-0.3, -0.25) is 9.78 Å². The standard InChI is InChI=1S/C12H13ClF3NO4/c1-3-20-9(18)4-7-6-17-8(5-13)11(10(7)19-2)21-12(14,15)16/h6H,3-5H2,1-2H3. The van der Waals surface area contributed by atoms with E-state index in [0.29, 0.717) is 0 Å². The molecule has 0 aliphatic rings. The van der Waals surface area contributed by atoms with Crippen LogP contribution in [-0.4, -0.2) is 31.0 Å². The molecule has 1 aromatic heterocycles. The first-order valence-electron chi connectivity index (χ1n) is 5.84. The molecule has 9 heteroatoms. The van der Waals surface area contributed by atoms with E-state index in [0.717, 1.165) is 7.11 Å². The molecule has 0 radical (unpaired) electrons. The number of alkyl halides is 4. The summed E-state index contributed by atoms with van der Waals surface area (Å²) in [5.74, 6) is -1.82. The van der Waals surface area contributed by atoms with Crippen molar-refractivity contribution < 1.29 is 32.2 Å². The molecule has 0 aliphatic heterocycles. The Kier molecular flexibility index (Phi) is 6.07.